The molecule has 32 heavy (non-hydrogen) atoms. The van der Waals surface area contributed by atoms with Gasteiger partial charge in [-0.3, -0.25) is 4.79 Å². The van der Waals surface area contributed by atoms with Crippen molar-refractivity contribution < 1.29 is 25.2 Å². The predicted octanol–water partition coefficient (Wildman–Crippen LogP) is 4.65. The zero-order chi connectivity index (χ0) is 27.1. The van der Waals surface area contributed by atoms with E-state index in [0.29, 0.717) is 4.88 Å². The molecule has 0 bridgehead atoms. The van der Waals surface area contributed by atoms with Crippen molar-refractivity contribution in [3.05, 3.63) is 88.3 Å². The summed E-state index contributed by atoms with van der Waals surface area (Å²) < 4.78 is 66.3. The summed E-state index contributed by atoms with van der Waals surface area (Å²) in [6.45, 7) is 1.96. The van der Waals surface area contributed by atoms with Gasteiger partial charge in [0.2, 0.25) is 0 Å². The Morgan fingerprint density at radius 2 is 1.91 bits per heavy atom. The van der Waals surface area contributed by atoms with Gasteiger partial charge in [-0.2, -0.15) is 0 Å². The number of para-hydroxylation sites is 1. The van der Waals surface area contributed by atoms with E-state index >= 15 is 0 Å². The van der Waals surface area contributed by atoms with Gasteiger partial charge in [-0.05, 0) is 49.2 Å². The summed E-state index contributed by atoms with van der Waals surface area (Å²) in [4.78, 5) is 15.1. The minimum atomic E-state index is -4.03. The van der Waals surface area contributed by atoms with Crippen molar-refractivity contribution in [2.75, 3.05) is 5.75 Å². The van der Waals surface area contributed by atoms with Crippen molar-refractivity contribution >= 4 is 38.0 Å². The molecule has 0 aliphatic heterocycles. The zero-order valence-corrected chi connectivity index (χ0v) is 18.6. The molecular formula is C25H21NO4S2. The number of aromatic amines is 1. The van der Waals surface area contributed by atoms with Crippen LogP contribution in [0.1, 0.15) is 28.4 Å². The lowest BCUT2D eigenvalue weighted by Crippen LogP contribution is -2.25. The van der Waals surface area contributed by atoms with Crippen LogP contribution in [0.2, 0.25) is 0 Å². The molecule has 4 rings (SSSR count). The standard InChI is InChI=1S/C25H21NO4S2/c1-17-6-8-18(9-7-17)10-11-21-12-13-24(31-21)32(29,30)16-20(25(27)28)14-19-15-26-23-5-3-2-4-22(19)23/h2-9,12-13,15,20,26H,14,16H2,1H3,(H,27,28)/t20-/m0/s1/i2D,3D,4D,5D,15D. The Kier molecular flexibility index (Phi) is 4.60. The Labute approximate surface area is 197 Å². The van der Waals surface area contributed by atoms with Crippen LogP contribution >= 0.6 is 11.3 Å². The Balaban J connectivity index is 1.62. The monoisotopic (exact) mass is 468 g/mol. The van der Waals surface area contributed by atoms with E-state index in [1.807, 2.05) is 31.2 Å². The summed E-state index contributed by atoms with van der Waals surface area (Å²) in [7, 11) is -4.03. The highest BCUT2D eigenvalue weighted by molar-refractivity contribution is 7.93. The number of aromatic nitrogens is 1. The summed E-state index contributed by atoms with van der Waals surface area (Å²) in [6, 6.07) is 8.70. The smallest absolute Gasteiger partial charge is 0.307 e. The van der Waals surface area contributed by atoms with Crippen molar-refractivity contribution in [2.45, 2.75) is 17.6 Å². The molecule has 5 nitrogen and oxygen atoms in total. The second kappa shape index (κ2) is 9.03. The number of carboxylic acids is 1. The number of H-pyrrole nitrogens is 1. The van der Waals surface area contributed by atoms with Gasteiger partial charge in [-0.1, -0.05) is 47.7 Å². The van der Waals surface area contributed by atoms with Gasteiger partial charge in [0.15, 0.2) is 9.84 Å². The first-order valence-electron chi connectivity index (χ1n) is 12.1. The number of hydrogen-bond acceptors (Lipinski definition) is 4. The summed E-state index contributed by atoms with van der Waals surface area (Å²) >= 11 is 0.939. The van der Waals surface area contributed by atoms with E-state index in [4.69, 9.17) is 6.85 Å². The second-order valence-electron chi connectivity index (χ2n) is 7.23. The molecule has 0 saturated carbocycles. The fourth-order valence-corrected chi connectivity index (χ4v) is 5.92. The second-order valence-corrected chi connectivity index (χ2v) is 10.6. The van der Waals surface area contributed by atoms with Gasteiger partial charge >= 0.3 is 5.97 Å². The molecule has 2 aromatic carbocycles. The lowest BCUT2D eigenvalue weighted by atomic mass is 10.0. The number of thiophene rings is 1. The van der Waals surface area contributed by atoms with Crippen molar-refractivity contribution in [1.29, 1.82) is 0 Å². The van der Waals surface area contributed by atoms with Crippen LogP contribution in [0.25, 0.3) is 10.9 Å². The number of carbonyl (C=O) groups is 1. The quantitative estimate of drug-likeness (QED) is 0.403. The number of carboxylic acid groups (broad SMARTS) is 1. The summed E-state index contributed by atoms with van der Waals surface area (Å²) in [6.07, 6.45) is -0.684. The summed E-state index contributed by atoms with van der Waals surface area (Å²) in [5.41, 5.74) is 1.87. The Bertz CT molecular complexity index is 1700. The molecule has 1 atom stereocenters. The Morgan fingerprint density at radius 1 is 1.16 bits per heavy atom. The average molecular weight is 469 g/mol. The number of benzene rings is 2. The average Bonchev–Trinajstić information content (AvgIpc) is 3.46. The van der Waals surface area contributed by atoms with Crippen LogP contribution in [0.3, 0.4) is 0 Å². The Hall–Kier alpha value is -3.34. The van der Waals surface area contributed by atoms with Crippen LogP contribution in [-0.4, -0.2) is 30.2 Å². The maximum absolute atomic E-state index is 13.1. The van der Waals surface area contributed by atoms with E-state index in [1.54, 1.807) is 6.07 Å². The predicted molar refractivity (Wildman–Crippen MR) is 127 cm³/mol. The first-order chi connectivity index (χ1) is 17.4. The first kappa shape index (κ1) is 16.3. The van der Waals surface area contributed by atoms with Crippen LogP contribution in [-0.2, 0) is 21.1 Å². The van der Waals surface area contributed by atoms with Crippen LogP contribution < -0.4 is 0 Å². The molecule has 162 valence electrons. The van der Waals surface area contributed by atoms with Crippen LogP contribution in [0, 0.1) is 24.7 Å². The third kappa shape index (κ3) is 4.93. The number of nitrogens with one attached hydrogen (secondary N) is 1. The van der Waals surface area contributed by atoms with E-state index in [0.717, 1.165) is 22.5 Å². The number of aryl methyl sites for hydroxylation is 1. The topological polar surface area (TPSA) is 87.2 Å². The molecular weight excluding hydrogens is 442 g/mol. The van der Waals surface area contributed by atoms with Crippen molar-refractivity contribution in [3.8, 4) is 11.8 Å². The number of aliphatic carboxylic acids is 1. The molecule has 2 aromatic heterocycles. The number of rotatable bonds is 6. The maximum atomic E-state index is 13.1. The minimum absolute atomic E-state index is 0.00978. The van der Waals surface area contributed by atoms with Gasteiger partial charge in [0, 0.05) is 22.6 Å². The summed E-state index contributed by atoms with van der Waals surface area (Å²) in [5, 5.41) is 9.79. The first-order valence-corrected chi connectivity index (χ1v) is 12.1. The number of hydrogen-bond donors (Lipinski definition) is 2. The largest absolute Gasteiger partial charge is 0.481 e. The molecule has 4 aromatic rings. The van der Waals surface area contributed by atoms with Gasteiger partial charge in [-0.15, -0.1) is 11.3 Å². The molecule has 0 spiro atoms. The highest BCUT2D eigenvalue weighted by atomic mass is 32.2. The van der Waals surface area contributed by atoms with E-state index in [9.17, 15) is 18.3 Å². The number of sulfone groups is 1. The lowest BCUT2D eigenvalue weighted by Gasteiger charge is -2.11. The molecule has 0 aliphatic carbocycles. The molecule has 0 amide bonds. The van der Waals surface area contributed by atoms with E-state index in [2.05, 4.69) is 16.8 Å². The van der Waals surface area contributed by atoms with Gasteiger partial charge in [0.1, 0.15) is 4.21 Å². The fraction of sp³-hybridized carbons (Fsp3) is 0.160. The third-order valence-corrected chi connectivity index (χ3v) is 8.21. The lowest BCUT2D eigenvalue weighted by molar-refractivity contribution is -0.140. The molecule has 2 heterocycles. The van der Waals surface area contributed by atoms with Gasteiger partial charge < -0.3 is 10.1 Å². The van der Waals surface area contributed by atoms with Crippen LogP contribution in [0.5, 0.6) is 0 Å². The molecule has 0 radical (unpaired) electrons. The van der Waals surface area contributed by atoms with Crippen LogP contribution in [0.4, 0.5) is 0 Å². The van der Waals surface area contributed by atoms with Gasteiger partial charge in [0.25, 0.3) is 0 Å². The molecule has 7 heteroatoms. The highest BCUT2D eigenvalue weighted by Crippen LogP contribution is 2.26. The van der Waals surface area contributed by atoms with Crippen molar-refractivity contribution in [2.24, 2.45) is 5.92 Å². The fourth-order valence-electron chi connectivity index (χ4n) is 3.12. The zero-order valence-electron chi connectivity index (χ0n) is 21.9. The van der Waals surface area contributed by atoms with Crippen molar-refractivity contribution in [3.63, 3.8) is 0 Å². The third-order valence-electron chi connectivity index (χ3n) is 4.82. The van der Waals surface area contributed by atoms with E-state index < -0.39 is 52.0 Å². The molecule has 0 fully saturated rings. The van der Waals surface area contributed by atoms with Gasteiger partial charge in [-0.25, -0.2) is 8.42 Å². The maximum Gasteiger partial charge on any atom is 0.307 e. The minimum Gasteiger partial charge on any atom is -0.481 e. The number of fused-ring (bicyclic) bond motifs is 1. The highest BCUT2D eigenvalue weighted by Gasteiger charge is 2.28. The van der Waals surface area contributed by atoms with Crippen molar-refractivity contribution in [1.82, 2.24) is 4.98 Å². The van der Waals surface area contributed by atoms with Gasteiger partial charge in [0.05, 0.1) is 23.4 Å². The Morgan fingerprint density at radius 3 is 2.66 bits per heavy atom. The van der Waals surface area contributed by atoms with E-state index in [1.165, 1.54) is 6.07 Å². The molecule has 0 aliphatic rings. The molecule has 0 saturated heterocycles. The molecule has 0 unspecified atom stereocenters. The van der Waals surface area contributed by atoms with E-state index in [-0.39, 0.29) is 32.9 Å². The normalized spacial score (nSPS) is 14.5. The van der Waals surface area contributed by atoms with Crippen LogP contribution in [0.15, 0.2) is 70.9 Å². The SMILES string of the molecule is [2H]c1[nH]c2c([2H])c([2H])c([2H])c([2H])c2c1C[C@@H](CS(=O)(=O)c1ccc(C#Cc2ccc(C)cc2)s1)C(=O)O. The molecule has 2 N–H and O–H groups in total. The summed E-state index contributed by atoms with van der Waals surface area (Å²) in [5.74, 6) is 2.30.